The highest BCUT2D eigenvalue weighted by molar-refractivity contribution is 6.02. The van der Waals surface area contributed by atoms with Crippen LogP contribution < -0.4 is 5.32 Å². The molecule has 84 valence electrons. The third kappa shape index (κ3) is 1.27. The van der Waals surface area contributed by atoms with Gasteiger partial charge in [0.2, 0.25) is 0 Å². The third-order valence-corrected chi connectivity index (χ3v) is 2.99. The number of allylic oxidation sites excluding steroid dienone is 2. The van der Waals surface area contributed by atoms with Crippen LogP contribution in [0.25, 0.3) is 0 Å². The number of hydrogen-bond acceptors (Lipinski definition) is 2. The van der Waals surface area contributed by atoms with Crippen LogP contribution in [-0.2, 0) is 0 Å². The molecule has 0 aliphatic heterocycles. The van der Waals surface area contributed by atoms with Crippen molar-refractivity contribution in [3.05, 3.63) is 11.3 Å². The Kier molecular flexibility index (Phi) is 2.06. The third-order valence-electron chi connectivity index (χ3n) is 2.99. The van der Waals surface area contributed by atoms with E-state index in [0.29, 0.717) is 0 Å². The van der Waals surface area contributed by atoms with Gasteiger partial charge in [0.05, 0.1) is 5.70 Å². The van der Waals surface area contributed by atoms with Crippen molar-refractivity contribution in [2.45, 2.75) is 18.8 Å². The van der Waals surface area contributed by atoms with E-state index in [1.807, 2.05) is 0 Å². The molecule has 15 heavy (non-hydrogen) atoms. The van der Waals surface area contributed by atoms with Crippen molar-refractivity contribution < 1.29 is 17.6 Å². The maximum absolute atomic E-state index is 13.5. The first-order valence-electron chi connectivity index (χ1n) is 4.58. The average molecular weight is 222 g/mol. The summed E-state index contributed by atoms with van der Waals surface area (Å²) in [6, 6.07) is 0. The van der Waals surface area contributed by atoms with Gasteiger partial charge in [-0.3, -0.25) is 5.41 Å². The molecule has 0 aromatic carbocycles. The van der Waals surface area contributed by atoms with Gasteiger partial charge in [-0.25, -0.2) is 8.78 Å². The standard InChI is InChI=1S/C9H10F4N2/c1-15-7-5(6(14)8(10)11)3-2-4(3)9(7,12)13/h3-4,8,14-15H,2H2,1H3. The van der Waals surface area contributed by atoms with Crippen LogP contribution in [0.5, 0.6) is 0 Å². The second-order valence-corrected chi connectivity index (χ2v) is 3.82. The molecule has 0 spiro atoms. The van der Waals surface area contributed by atoms with Gasteiger partial charge in [0, 0.05) is 18.5 Å². The molecule has 0 heterocycles. The highest BCUT2D eigenvalue weighted by Gasteiger charge is 2.65. The number of fused-ring (bicyclic) bond motifs is 1. The van der Waals surface area contributed by atoms with Crippen molar-refractivity contribution in [1.82, 2.24) is 5.32 Å². The first-order chi connectivity index (χ1) is 6.91. The lowest BCUT2D eigenvalue weighted by atomic mass is 10.1. The Balaban J connectivity index is 2.40. The summed E-state index contributed by atoms with van der Waals surface area (Å²) >= 11 is 0. The van der Waals surface area contributed by atoms with Gasteiger partial charge in [-0.05, 0) is 12.3 Å². The van der Waals surface area contributed by atoms with Gasteiger partial charge < -0.3 is 5.32 Å². The van der Waals surface area contributed by atoms with Crippen LogP contribution in [0.15, 0.2) is 11.3 Å². The van der Waals surface area contributed by atoms with Crippen LogP contribution in [0.1, 0.15) is 6.42 Å². The van der Waals surface area contributed by atoms with E-state index in [0.717, 1.165) is 0 Å². The Bertz CT molecular complexity index is 348. The van der Waals surface area contributed by atoms with Crippen LogP contribution >= 0.6 is 0 Å². The maximum atomic E-state index is 13.5. The highest BCUT2D eigenvalue weighted by Crippen LogP contribution is 2.62. The fourth-order valence-electron chi connectivity index (χ4n) is 2.22. The smallest absolute Gasteiger partial charge is 0.290 e. The molecule has 2 atom stereocenters. The van der Waals surface area contributed by atoms with Crippen molar-refractivity contribution in [3.63, 3.8) is 0 Å². The van der Waals surface area contributed by atoms with E-state index in [1.54, 1.807) is 0 Å². The van der Waals surface area contributed by atoms with Gasteiger partial charge in [-0.2, -0.15) is 8.78 Å². The SMILES string of the molecule is CNC1=C(C(=N)C(F)F)C2CC2C1(F)F. The molecule has 2 aliphatic rings. The first kappa shape index (κ1) is 10.4. The lowest BCUT2D eigenvalue weighted by Gasteiger charge is -2.18. The molecular formula is C9H10F4N2. The Morgan fingerprint density at radius 1 is 1.53 bits per heavy atom. The lowest BCUT2D eigenvalue weighted by molar-refractivity contribution is 0.0163. The van der Waals surface area contributed by atoms with Gasteiger partial charge in [-0.1, -0.05) is 0 Å². The molecule has 0 amide bonds. The molecule has 0 bridgehead atoms. The van der Waals surface area contributed by atoms with Crippen LogP contribution in [0.2, 0.25) is 0 Å². The zero-order chi connectivity index (χ0) is 11.4. The van der Waals surface area contributed by atoms with Gasteiger partial charge >= 0.3 is 0 Å². The zero-order valence-electron chi connectivity index (χ0n) is 7.95. The summed E-state index contributed by atoms with van der Waals surface area (Å²) in [5.41, 5.74) is -1.64. The molecule has 2 rings (SSSR count). The predicted octanol–water partition coefficient (Wildman–Crippen LogP) is 2.03. The van der Waals surface area contributed by atoms with E-state index >= 15 is 0 Å². The topological polar surface area (TPSA) is 35.9 Å². The molecule has 2 N–H and O–H groups in total. The van der Waals surface area contributed by atoms with E-state index in [1.165, 1.54) is 7.05 Å². The molecule has 0 aromatic heterocycles. The van der Waals surface area contributed by atoms with Gasteiger partial charge in [0.15, 0.2) is 0 Å². The normalized spacial score (nSPS) is 31.9. The number of hydrogen-bond donors (Lipinski definition) is 2. The summed E-state index contributed by atoms with van der Waals surface area (Å²) in [6.45, 7) is 0. The second kappa shape index (κ2) is 2.96. The largest absolute Gasteiger partial charge is 0.386 e. The minimum atomic E-state index is -3.07. The highest BCUT2D eigenvalue weighted by atomic mass is 19.3. The molecule has 0 aromatic rings. The van der Waals surface area contributed by atoms with E-state index < -0.39 is 35.6 Å². The molecule has 2 unspecified atom stereocenters. The van der Waals surface area contributed by atoms with E-state index in [-0.39, 0.29) is 12.0 Å². The quantitative estimate of drug-likeness (QED) is 0.556. The summed E-state index contributed by atoms with van der Waals surface area (Å²) < 4.78 is 51.5. The molecule has 1 fully saturated rings. The number of halogens is 4. The Morgan fingerprint density at radius 3 is 2.60 bits per heavy atom. The Hall–Kier alpha value is -1.07. The Morgan fingerprint density at radius 2 is 2.13 bits per heavy atom. The summed E-state index contributed by atoms with van der Waals surface area (Å²) in [7, 11) is 1.27. The van der Waals surface area contributed by atoms with Crippen LogP contribution in [0.4, 0.5) is 17.6 Å². The van der Waals surface area contributed by atoms with Gasteiger partial charge in [-0.15, -0.1) is 0 Å². The zero-order valence-corrected chi connectivity index (χ0v) is 7.95. The Labute approximate surface area is 83.9 Å². The molecular weight excluding hydrogens is 212 g/mol. The molecule has 2 aliphatic carbocycles. The van der Waals surface area contributed by atoms with Crippen LogP contribution in [0.3, 0.4) is 0 Å². The molecule has 2 nitrogen and oxygen atoms in total. The number of rotatable bonds is 3. The first-order valence-corrected chi connectivity index (χ1v) is 4.58. The van der Waals surface area contributed by atoms with E-state index in [9.17, 15) is 17.6 Å². The molecule has 0 radical (unpaired) electrons. The summed E-state index contributed by atoms with van der Waals surface area (Å²) in [5, 5.41) is 9.38. The minimum Gasteiger partial charge on any atom is -0.386 e. The minimum absolute atomic E-state index is 0.178. The van der Waals surface area contributed by atoms with Crippen molar-refractivity contribution >= 4 is 5.71 Å². The van der Waals surface area contributed by atoms with E-state index in [4.69, 9.17) is 5.41 Å². The monoisotopic (exact) mass is 222 g/mol. The van der Waals surface area contributed by atoms with Crippen LogP contribution in [-0.4, -0.2) is 25.1 Å². The van der Waals surface area contributed by atoms with Crippen molar-refractivity contribution in [2.75, 3.05) is 7.05 Å². The molecule has 6 heteroatoms. The van der Waals surface area contributed by atoms with Gasteiger partial charge in [0.1, 0.15) is 5.71 Å². The number of alkyl halides is 4. The fraction of sp³-hybridized carbons (Fsp3) is 0.667. The lowest BCUT2D eigenvalue weighted by Crippen LogP contribution is -2.30. The van der Waals surface area contributed by atoms with Crippen molar-refractivity contribution in [2.24, 2.45) is 11.8 Å². The second-order valence-electron chi connectivity index (χ2n) is 3.82. The fourth-order valence-corrected chi connectivity index (χ4v) is 2.22. The van der Waals surface area contributed by atoms with Crippen molar-refractivity contribution in [3.8, 4) is 0 Å². The predicted molar refractivity (Wildman–Crippen MR) is 46.4 cm³/mol. The van der Waals surface area contributed by atoms with Crippen molar-refractivity contribution in [1.29, 1.82) is 5.41 Å². The summed E-state index contributed by atoms with van der Waals surface area (Å²) in [6.07, 6.45) is -2.78. The molecule has 0 saturated heterocycles. The summed E-state index contributed by atoms with van der Waals surface area (Å²) in [5.74, 6) is -4.51. The molecule has 1 saturated carbocycles. The van der Waals surface area contributed by atoms with E-state index in [2.05, 4.69) is 5.32 Å². The van der Waals surface area contributed by atoms with Gasteiger partial charge in [0.25, 0.3) is 12.3 Å². The average Bonchev–Trinajstić information content (AvgIpc) is 2.88. The maximum Gasteiger partial charge on any atom is 0.290 e. The van der Waals surface area contributed by atoms with Crippen LogP contribution in [0, 0.1) is 17.2 Å². The summed E-state index contributed by atoms with van der Waals surface area (Å²) in [4.78, 5) is 0. The number of nitrogens with one attached hydrogen (secondary N) is 2.